The third-order valence-corrected chi connectivity index (χ3v) is 6.92. The van der Waals surface area contributed by atoms with Crippen molar-refractivity contribution in [2.24, 2.45) is 5.92 Å². The lowest BCUT2D eigenvalue weighted by Crippen LogP contribution is -2.35. The highest BCUT2D eigenvalue weighted by molar-refractivity contribution is 7.86. The summed E-state index contributed by atoms with van der Waals surface area (Å²) in [6, 6.07) is 17.2. The topological polar surface area (TPSA) is 43.4 Å². The maximum absolute atomic E-state index is 12.1. The van der Waals surface area contributed by atoms with Gasteiger partial charge in [0.2, 0.25) is 0 Å². The maximum atomic E-state index is 12.1. The van der Waals surface area contributed by atoms with Crippen LogP contribution in [-0.4, -0.2) is 20.8 Å². The molecule has 0 aromatic heterocycles. The molecule has 3 aliphatic rings. The molecule has 132 valence electrons. The van der Waals surface area contributed by atoms with E-state index in [0.717, 1.165) is 12.8 Å². The summed E-state index contributed by atoms with van der Waals surface area (Å²) >= 11 is 0. The summed E-state index contributed by atoms with van der Waals surface area (Å²) in [5.74, 6) is 0.923. The van der Waals surface area contributed by atoms with Crippen molar-refractivity contribution in [2.75, 3.05) is 12.4 Å². The largest absolute Gasteiger partial charge is 0.270 e. The standard InChI is InChI=1S/C21H24O3S/c1-2-3-12-25(22,23)24-14-15-13-20-16-8-4-6-10-18(16)21(15)19-11-7-5-9-17(19)20/h4-11,15,20-21H,2-3,12-14H2,1H3. The van der Waals surface area contributed by atoms with Crippen LogP contribution < -0.4 is 0 Å². The Bertz CT molecular complexity index is 825. The van der Waals surface area contributed by atoms with Crippen molar-refractivity contribution in [3.8, 4) is 0 Å². The van der Waals surface area contributed by atoms with E-state index in [4.69, 9.17) is 4.18 Å². The lowest BCUT2D eigenvalue weighted by Gasteiger charge is -2.45. The van der Waals surface area contributed by atoms with Crippen LogP contribution in [0.1, 0.15) is 60.3 Å². The van der Waals surface area contributed by atoms with Crippen LogP contribution in [0.5, 0.6) is 0 Å². The molecule has 0 heterocycles. The van der Waals surface area contributed by atoms with Gasteiger partial charge >= 0.3 is 0 Å². The summed E-state index contributed by atoms with van der Waals surface area (Å²) in [5.41, 5.74) is 5.49. The number of hydrogen-bond acceptors (Lipinski definition) is 3. The van der Waals surface area contributed by atoms with Crippen LogP contribution in [0.4, 0.5) is 0 Å². The fraction of sp³-hybridized carbons (Fsp3) is 0.429. The first-order chi connectivity index (χ1) is 12.1. The van der Waals surface area contributed by atoms with E-state index in [-0.39, 0.29) is 24.2 Å². The first-order valence-corrected chi connectivity index (χ1v) is 10.7. The molecule has 0 saturated carbocycles. The van der Waals surface area contributed by atoms with Crippen molar-refractivity contribution in [3.05, 3.63) is 70.8 Å². The number of rotatable bonds is 6. The number of unbranched alkanes of at least 4 members (excludes halogenated alkanes) is 1. The monoisotopic (exact) mass is 356 g/mol. The number of benzene rings is 2. The van der Waals surface area contributed by atoms with E-state index in [1.807, 2.05) is 6.92 Å². The molecule has 25 heavy (non-hydrogen) atoms. The van der Waals surface area contributed by atoms with Gasteiger partial charge in [-0.2, -0.15) is 8.42 Å². The van der Waals surface area contributed by atoms with E-state index in [1.54, 1.807) is 0 Å². The predicted molar refractivity (Wildman–Crippen MR) is 99.3 cm³/mol. The van der Waals surface area contributed by atoms with E-state index in [9.17, 15) is 8.42 Å². The first-order valence-electron chi connectivity index (χ1n) is 9.15. The van der Waals surface area contributed by atoms with Crippen LogP contribution in [0.15, 0.2) is 48.5 Å². The van der Waals surface area contributed by atoms with Crippen molar-refractivity contribution < 1.29 is 12.6 Å². The lowest BCUT2D eigenvalue weighted by molar-refractivity contribution is 0.209. The summed E-state index contributed by atoms with van der Waals surface area (Å²) in [5, 5.41) is 0. The van der Waals surface area contributed by atoms with Crippen LogP contribution in [-0.2, 0) is 14.3 Å². The SMILES string of the molecule is CCCCS(=O)(=O)OCC1CC2c3ccccc3C1c1ccccc12. The Balaban J connectivity index is 1.63. The van der Waals surface area contributed by atoms with E-state index in [0.29, 0.717) is 12.3 Å². The fourth-order valence-corrected chi connectivity index (χ4v) is 5.64. The summed E-state index contributed by atoms with van der Waals surface area (Å²) in [7, 11) is -3.41. The molecule has 0 aliphatic heterocycles. The van der Waals surface area contributed by atoms with Gasteiger partial charge in [0, 0.05) is 11.8 Å². The molecule has 0 spiro atoms. The van der Waals surface area contributed by atoms with Crippen molar-refractivity contribution >= 4 is 10.1 Å². The van der Waals surface area contributed by atoms with E-state index in [2.05, 4.69) is 48.5 Å². The summed E-state index contributed by atoms with van der Waals surface area (Å²) < 4.78 is 29.6. The Labute approximate surface area is 150 Å². The van der Waals surface area contributed by atoms with E-state index < -0.39 is 10.1 Å². The summed E-state index contributed by atoms with van der Waals surface area (Å²) in [6.07, 6.45) is 2.48. The Morgan fingerprint density at radius 1 is 0.960 bits per heavy atom. The zero-order valence-electron chi connectivity index (χ0n) is 14.5. The lowest BCUT2D eigenvalue weighted by atomic mass is 9.59. The van der Waals surface area contributed by atoms with Crippen LogP contribution in [0.3, 0.4) is 0 Å². The highest BCUT2D eigenvalue weighted by Crippen LogP contribution is 2.55. The summed E-state index contributed by atoms with van der Waals surface area (Å²) in [4.78, 5) is 0. The number of fused-ring (bicyclic) bond motifs is 1. The first kappa shape index (κ1) is 16.8. The predicted octanol–water partition coefficient (Wildman–Crippen LogP) is 4.43. The number of hydrogen-bond donors (Lipinski definition) is 0. The Hall–Kier alpha value is -1.65. The van der Waals surface area contributed by atoms with Gasteiger partial charge in [0.15, 0.2) is 0 Å². The van der Waals surface area contributed by atoms with Gasteiger partial charge in [0.05, 0.1) is 12.4 Å². The molecule has 0 fully saturated rings. The van der Waals surface area contributed by atoms with Crippen LogP contribution in [0, 0.1) is 5.92 Å². The third kappa shape index (κ3) is 3.02. The second kappa shape index (κ2) is 6.58. The molecular weight excluding hydrogens is 332 g/mol. The molecule has 0 radical (unpaired) electrons. The average molecular weight is 356 g/mol. The van der Waals surface area contributed by atoms with Crippen LogP contribution >= 0.6 is 0 Å². The molecule has 0 N–H and O–H groups in total. The van der Waals surface area contributed by atoms with E-state index in [1.165, 1.54) is 22.3 Å². The van der Waals surface area contributed by atoms with Crippen LogP contribution in [0.2, 0.25) is 0 Å². The van der Waals surface area contributed by atoms with Gasteiger partial charge in [-0.05, 0) is 41.0 Å². The Kier molecular flexibility index (Phi) is 4.42. The van der Waals surface area contributed by atoms with Crippen molar-refractivity contribution in [1.29, 1.82) is 0 Å². The molecule has 1 atom stereocenters. The zero-order valence-corrected chi connectivity index (χ0v) is 15.3. The molecule has 5 rings (SSSR count). The van der Waals surface area contributed by atoms with Crippen molar-refractivity contribution in [2.45, 2.75) is 38.0 Å². The van der Waals surface area contributed by atoms with E-state index >= 15 is 0 Å². The van der Waals surface area contributed by atoms with Crippen molar-refractivity contribution in [3.63, 3.8) is 0 Å². The molecule has 2 bridgehead atoms. The maximum Gasteiger partial charge on any atom is 0.267 e. The minimum atomic E-state index is -3.41. The highest BCUT2D eigenvalue weighted by atomic mass is 32.2. The van der Waals surface area contributed by atoms with Gasteiger partial charge < -0.3 is 0 Å². The molecule has 4 heteroatoms. The Morgan fingerprint density at radius 3 is 2.08 bits per heavy atom. The molecule has 0 saturated heterocycles. The van der Waals surface area contributed by atoms with Crippen LogP contribution in [0.25, 0.3) is 0 Å². The van der Waals surface area contributed by atoms with Crippen molar-refractivity contribution in [1.82, 2.24) is 0 Å². The Morgan fingerprint density at radius 2 is 1.52 bits per heavy atom. The highest BCUT2D eigenvalue weighted by Gasteiger charge is 2.43. The normalized spacial score (nSPS) is 24.0. The quantitative estimate of drug-likeness (QED) is 0.719. The smallest absolute Gasteiger partial charge is 0.267 e. The van der Waals surface area contributed by atoms with Gasteiger partial charge in [-0.3, -0.25) is 4.18 Å². The molecule has 0 amide bonds. The summed E-state index contributed by atoms with van der Waals surface area (Å²) in [6.45, 7) is 2.28. The molecule has 3 aliphatic carbocycles. The molecule has 3 nitrogen and oxygen atoms in total. The second-order valence-corrected chi connectivity index (χ2v) is 8.94. The fourth-order valence-electron chi connectivity index (χ4n) is 4.49. The average Bonchev–Trinajstić information content (AvgIpc) is 2.65. The minimum Gasteiger partial charge on any atom is -0.270 e. The minimum absolute atomic E-state index is 0.123. The molecule has 1 unspecified atom stereocenters. The third-order valence-electron chi connectivity index (χ3n) is 5.63. The molecular formula is C21H24O3S. The molecule has 2 aromatic carbocycles. The molecule has 2 aromatic rings. The van der Waals surface area contributed by atoms with Gasteiger partial charge in [0.1, 0.15) is 0 Å². The van der Waals surface area contributed by atoms with Gasteiger partial charge in [0.25, 0.3) is 10.1 Å². The zero-order chi connectivity index (χ0) is 17.4. The van der Waals surface area contributed by atoms with Gasteiger partial charge in [-0.15, -0.1) is 0 Å². The second-order valence-electron chi connectivity index (χ2n) is 7.18. The van der Waals surface area contributed by atoms with Gasteiger partial charge in [-0.25, -0.2) is 0 Å². The van der Waals surface area contributed by atoms with Gasteiger partial charge in [-0.1, -0.05) is 61.9 Å².